The van der Waals surface area contributed by atoms with E-state index in [0.717, 1.165) is 44.2 Å². The molecule has 2 aromatic rings. The molecule has 0 saturated carbocycles. The number of rotatable bonds is 8. The smallest absolute Gasteiger partial charge is 0.313 e. The summed E-state index contributed by atoms with van der Waals surface area (Å²) in [6, 6.07) is 12.9. The topological polar surface area (TPSA) is 83.1 Å². The largest absolute Gasteiger partial charge is 0.497 e. The number of halogens is 1. The van der Waals surface area contributed by atoms with Crippen LogP contribution in [-0.4, -0.2) is 70.2 Å². The molecule has 0 aliphatic carbocycles. The van der Waals surface area contributed by atoms with Gasteiger partial charge in [-0.3, -0.25) is 14.5 Å². The van der Waals surface area contributed by atoms with Gasteiger partial charge in [0.15, 0.2) is 0 Å². The Morgan fingerprint density at radius 3 is 2.34 bits per heavy atom. The van der Waals surface area contributed by atoms with Crippen molar-refractivity contribution in [3.8, 4) is 11.5 Å². The lowest BCUT2D eigenvalue weighted by molar-refractivity contribution is -0.136. The maximum atomic E-state index is 12.2. The summed E-state index contributed by atoms with van der Waals surface area (Å²) in [4.78, 5) is 29.0. The highest BCUT2D eigenvalue weighted by Gasteiger charge is 2.18. The second kappa shape index (κ2) is 11.6. The summed E-state index contributed by atoms with van der Waals surface area (Å²) in [6.07, 6.45) is 0.770. The first-order valence-corrected chi connectivity index (χ1v) is 10.9. The lowest BCUT2D eigenvalue weighted by Gasteiger charge is -2.36. The van der Waals surface area contributed by atoms with E-state index in [4.69, 9.17) is 21.1 Å². The van der Waals surface area contributed by atoms with E-state index in [2.05, 4.69) is 20.4 Å². The number of piperazine rings is 1. The number of benzene rings is 2. The number of nitrogens with one attached hydrogen (secondary N) is 2. The monoisotopic (exact) mass is 460 g/mol. The zero-order valence-corrected chi connectivity index (χ0v) is 19.2. The summed E-state index contributed by atoms with van der Waals surface area (Å²) in [6.45, 7) is 5.09. The third-order valence-electron chi connectivity index (χ3n) is 5.36. The van der Waals surface area contributed by atoms with E-state index in [1.807, 2.05) is 24.3 Å². The van der Waals surface area contributed by atoms with E-state index in [1.165, 1.54) is 12.8 Å². The van der Waals surface area contributed by atoms with E-state index >= 15 is 0 Å². The van der Waals surface area contributed by atoms with E-state index in [-0.39, 0.29) is 0 Å². The van der Waals surface area contributed by atoms with E-state index in [9.17, 15) is 9.59 Å². The van der Waals surface area contributed by atoms with Crippen molar-refractivity contribution in [2.45, 2.75) is 6.42 Å². The number of hydrogen-bond donors (Lipinski definition) is 2. The second-order valence-corrected chi connectivity index (χ2v) is 7.87. The maximum absolute atomic E-state index is 12.2. The van der Waals surface area contributed by atoms with Crippen LogP contribution in [0.25, 0.3) is 0 Å². The minimum absolute atomic E-state index is 0.409. The van der Waals surface area contributed by atoms with Gasteiger partial charge >= 0.3 is 11.8 Å². The van der Waals surface area contributed by atoms with Crippen LogP contribution in [-0.2, 0) is 9.59 Å². The van der Waals surface area contributed by atoms with E-state index in [1.54, 1.807) is 25.3 Å². The third-order valence-corrected chi connectivity index (χ3v) is 5.62. The van der Waals surface area contributed by atoms with Gasteiger partial charge in [0.1, 0.15) is 11.5 Å². The molecule has 1 aliphatic rings. The van der Waals surface area contributed by atoms with Gasteiger partial charge in [-0.15, -0.1) is 0 Å². The number of carbonyl (C=O) groups is 2. The Hall–Kier alpha value is -2.97. The van der Waals surface area contributed by atoms with Crippen molar-refractivity contribution in [3.63, 3.8) is 0 Å². The average molecular weight is 461 g/mol. The highest BCUT2D eigenvalue weighted by molar-refractivity contribution is 6.39. The molecule has 2 amide bonds. The van der Waals surface area contributed by atoms with Gasteiger partial charge < -0.3 is 25.0 Å². The van der Waals surface area contributed by atoms with Crippen LogP contribution >= 0.6 is 11.6 Å². The molecular weight excluding hydrogens is 432 g/mol. The molecule has 9 heteroatoms. The first-order chi connectivity index (χ1) is 15.5. The molecule has 1 aliphatic heterocycles. The molecule has 1 saturated heterocycles. The Morgan fingerprint density at radius 2 is 1.69 bits per heavy atom. The predicted molar refractivity (Wildman–Crippen MR) is 126 cm³/mol. The Kier molecular flexibility index (Phi) is 8.58. The number of amides is 2. The van der Waals surface area contributed by atoms with Crippen molar-refractivity contribution in [1.29, 1.82) is 0 Å². The molecule has 0 unspecified atom stereocenters. The molecule has 32 heavy (non-hydrogen) atoms. The lowest BCUT2D eigenvalue weighted by atomic mass is 10.2. The highest BCUT2D eigenvalue weighted by Crippen LogP contribution is 2.28. The number of methoxy groups -OCH3 is 2. The minimum atomic E-state index is -0.731. The van der Waals surface area contributed by atoms with Gasteiger partial charge in [-0.1, -0.05) is 11.6 Å². The molecule has 1 heterocycles. The van der Waals surface area contributed by atoms with Gasteiger partial charge in [-0.25, -0.2) is 0 Å². The summed E-state index contributed by atoms with van der Waals surface area (Å²) in [5.74, 6) is -0.387. The van der Waals surface area contributed by atoms with Gasteiger partial charge in [0.2, 0.25) is 0 Å². The van der Waals surface area contributed by atoms with Crippen molar-refractivity contribution in [2.24, 2.45) is 0 Å². The first kappa shape index (κ1) is 23.7. The quantitative estimate of drug-likeness (QED) is 0.465. The third kappa shape index (κ3) is 6.51. The summed E-state index contributed by atoms with van der Waals surface area (Å²) in [5.41, 5.74) is 1.59. The van der Waals surface area contributed by atoms with E-state index < -0.39 is 11.8 Å². The molecule has 172 valence electrons. The summed E-state index contributed by atoms with van der Waals surface area (Å²) < 4.78 is 10.4. The fourth-order valence-corrected chi connectivity index (χ4v) is 3.67. The van der Waals surface area contributed by atoms with Crippen molar-refractivity contribution >= 4 is 34.8 Å². The van der Waals surface area contributed by atoms with Crippen LogP contribution in [0, 0.1) is 0 Å². The standard InChI is InChI=1S/C23H29ClN4O4/c1-31-19-8-9-20(21(16-19)32-2)26-23(30)22(29)25-10-3-11-27-12-14-28(15-13-27)18-6-4-17(24)5-7-18/h4-9,16H,3,10-15H2,1-2H3,(H,25,29)(H,26,30). The van der Waals surface area contributed by atoms with Crippen molar-refractivity contribution in [2.75, 3.05) is 63.7 Å². The Labute approximate surface area is 193 Å². The second-order valence-electron chi connectivity index (χ2n) is 7.43. The zero-order valence-electron chi connectivity index (χ0n) is 18.4. The van der Waals surface area contributed by atoms with Crippen LogP contribution in [0.5, 0.6) is 11.5 Å². The molecule has 1 fully saturated rings. The lowest BCUT2D eigenvalue weighted by Crippen LogP contribution is -2.47. The molecule has 8 nitrogen and oxygen atoms in total. The van der Waals surface area contributed by atoms with Gasteiger partial charge in [0, 0.05) is 49.5 Å². The van der Waals surface area contributed by atoms with Crippen LogP contribution in [0.3, 0.4) is 0 Å². The van der Waals surface area contributed by atoms with Gasteiger partial charge in [-0.05, 0) is 49.4 Å². The molecule has 0 aromatic heterocycles. The van der Waals surface area contributed by atoms with Crippen LogP contribution in [0.4, 0.5) is 11.4 Å². The Morgan fingerprint density at radius 1 is 0.969 bits per heavy atom. The van der Waals surface area contributed by atoms with Crippen LogP contribution in [0.1, 0.15) is 6.42 Å². The fourth-order valence-electron chi connectivity index (χ4n) is 3.55. The van der Waals surface area contributed by atoms with Crippen molar-refractivity contribution < 1.29 is 19.1 Å². The number of ether oxygens (including phenoxy) is 2. The van der Waals surface area contributed by atoms with Crippen LogP contribution in [0.15, 0.2) is 42.5 Å². The fraction of sp³-hybridized carbons (Fsp3) is 0.391. The molecule has 0 bridgehead atoms. The first-order valence-electron chi connectivity index (χ1n) is 10.5. The molecule has 2 aromatic carbocycles. The average Bonchev–Trinajstić information content (AvgIpc) is 2.82. The number of nitrogens with zero attached hydrogens (tertiary/aromatic N) is 2. The molecular formula is C23H29ClN4O4. The van der Waals surface area contributed by atoms with Gasteiger partial charge in [0.05, 0.1) is 19.9 Å². The Balaban J connectivity index is 1.35. The highest BCUT2D eigenvalue weighted by atomic mass is 35.5. The molecule has 0 radical (unpaired) electrons. The van der Waals surface area contributed by atoms with E-state index in [0.29, 0.717) is 23.7 Å². The molecule has 0 spiro atoms. The van der Waals surface area contributed by atoms with Crippen molar-refractivity contribution in [3.05, 3.63) is 47.5 Å². The maximum Gasteiger partial charge on any atom is 0.313 e. The summed E-state index contributed by atoms with van der Waals surface area (Å²) in [7, 11) is 3.03. The zero-order chi connectivity index (χ0) is 22.9. The number of anilines is 2. The summed E-state index contributed by atoms with van der Waals surface area (Å²) >= 11 is 5.96. The molecule has 2 N–H and O–H groups in total. The van der Waals surface area contributed by atoms with Crippen molar-refractivity contribution in [1.82, 2.24) is 10.2 Å². The minimum Gasteiger partial charge on any atom is -0.497 e. The number of hydrogen-bond acceptors (Lipinski definition) is 6. The molecule has 3 rings (SSSR count). The number of carbonyl (C=O) groups excluding carboxylic acids is 2. The van der Waals surface area contributed by atoms with Gasteiger partial charge in [-0.2, -0.15) is 0 Å². The van der Waals surface area contributed by atoms with Gasteiger partial charge in [0.25, 0.3) is 0 Å². The van der Waals surface area contributed by atoms with Crippen LogP contribution in [0.2, 0.25) is 5.02 Å². The van der Waals surface area contributed by atoms with Crippen LogP contribution < -0.4 is 25.0 Å². The molecule has 0 atom stereocenters. The SMILES string of the molecule is COc1ccc(NC(=O)C(=O)NCCCN2CCN(c3ccc(Cl)cc3)CC2)c(OC)c1. The Bertz CT molecular complexity index is 915. The normalized spacial score (nSPS) is 14.0. The summed E-state index contributed by atoms with van der Waals surface area (Å²) in [5, 5.41) is 5.99. The predicted octanol–water partition coefficient (Wildman–Crippen LogP) is 2.62.